The van der Waals surface area contributed by atoms with Gasteiger partial charge in [-0.1, -0.05) is 28.9 Å². The van der Waals surface area contributed by atoms with Gasteiger partial charge in [0.05, 0.1) is 12.0 Å². The third-order valence-electron chi connectivity index (χ3n) is 5.35. The molecular formula is C22H24N4O3S. The number of carbonyl (C=O) groups excluding carboxylic acids is 2. The van der Waals surface area contributed by atoms with Crippen LogP contribution in [0.1, 0.15) is 54.0 Å². The van der Waals surface area contributed by atoms with E-state index in [1.54, 1.807) is 23.2 Å². The molecule has 4 rings (SSSR count). The molecular weight excluding hydrogens is 400 g/mol. The van der Waals surface area contributed by atoms with Crippen LogP contribution in [0.3, 0.4) is 0 Å². The molecule has 1 fully saturated rings. The molecule has 3 aromatic rings. The summed E-state index contributed by atoms with van der Waals surface area (Å²) in [4.78, 5) is 33.2. The first-order valence-corrected chi connectivity index (χ1v) is 10.8. The molecule has 156 valence electrons. The molecule has 0 unspecified atom stereocenters. The summed E-state index contributed by atoms with van der Waals surface area (Å²) in [5.41, 5.74) is 1.93. The van der Waals surface area contributed by atoms with Crippen LogP contribution in [0.25, 0.3) is 0 Å². The van der Waals surface area contributed by atoms with E-state index in [-0.39, 0.29) is 23.8 Å². The third-order valence-corrected chi connectivity index (χ3v) is 6.30. The highest BCUT2D eigenvalue weighted by molar-refractivity contribution is 7.10. The van der Waals surface area contributed by atoms with Gasteiger partial charge in [0.25, 0.3) is 0 Å². The molecule has 1 aliphatic rings. The van der Waals surface area contributed by atoms with Crippen LogP contribution in [0.15, 0.2) is 46.3 Å². The van der Waals surface area contributed by atoms with Crippen molar-refractivity contribution in [2.45, 2.75) is 45.7 Å². The van der Waals surface area contributed by atoms with E-state index in [0.29, 0.717) is 24.6 Å². The highest BCUT2D eigenvalue weighted by atomic mass is 32.1. The van der Waals surface area contributed by atoms with Crippen LogP contribution in [-0.4, -0.2) is 22.0 Å². The quantitative estimate of drug-likeness (QED) is 0.666. The predicted molar refractivity (Wildman–Crippen MR) is 114 cm³/mol. The second kappa shape index (κ2) is 8.39. The second-order valence-corrected chi connectivity index (χ2v) is 8.59. The van der Waals surface area contributed by atoms with E-state index in [1.807, 2.05) is 55.6 Å². The fourth-order valence-corrected chi connectivity index (χ4v) is 4.71. The monoisotopic (exact) mass is 424 g/mol. The summed E-state index contributed by atoms with van der Waals surface area (Å²) in [7, 11) is 0. The van der Waals surface area contributed by atoms with Crippen LogP contribution >= 0.6 is 11.3 Å². The Morgan fingerprint density at radius 1 is 1.27 bits per heavy atom. The molecule has 3 heterocycles. The fraction of sp³-hybridized carbons (Fsp3) is 0.364. The number of nitrogens with zero attached hydrogens (tertiary/aromatic N) is 3. The van der Waals surface area contributed by atoms with Crippen molar-refractivity contribution in [2.75, 3.05) is 4.90 Å². The Labute approximate surface area is 179 Å². The van der Waals surface area contributed by atoms with Gasteiger partial charge in [0.2, 0.25) is 17.7 Å². The van der Waals surface area contributed by atoms with Crippen molar-refractivity contribution in [3.8, 4) is 0 Å². The Hall–Kier alpha value is -3.00. The number of aryl methyl sites for hydroxylation is 2. The van der Waals surface area contributed by atoms with Crippen molar-refractivity contribution >= 4 is 28.8 Å². The van der Waals surface area contributed by atoms with Gasteiger partial charge >= 0.3 is 0 Å². The van der Waals surface area contributed by atoms with Crippen LogP contribution in [-0.2, 0) is 9.59 Å². The smallest absolute Gasteiger partial charge is 0.248 e. The average molecular weight is 425 g/mol. The SMILES string of the molecule is Cc1ccc(N2C(=O)CC[C@H](C(=O)N[C@H](C)c3nc(C)no3)[C@@H]2c2cccs2)cc1. The van der Waals surface area contributed by atoms with Gasteiger partial charge in [0.15, 0.2) is 5.82 Å². The van der Waals surface area contributed by atoms with E-state index in [1.165, 1.54) is 0 Å². The lowest BCUT2D eigenvalue weighted by atomic mass is 9.86. The first-order valence-electron chi connectivity index (χ1n) is 9.96. The Morgan fingerprint density at radius 2 is 2.03 bits per heavy atom. The van der Waals surface area contributed by atoms with Crippen LogP contribution in [0.4, 0.5) is 5.69 Å². The van der Waals surface area contributed by atoms with Gasteiger partial charge in [-0.3, -0.25) is 9.59 Å². The molecule has 3 atom stereocenters. The van der Waals surface area contributed by atoms with Crippen molar-refractivity contribution in [3.05, 3.63) is 63.9 Å². The molecule has 2 amide bonds. The topological polar surface area (TPSA) is 88.3 Å². The molecule has 8 heteroatoms. The van der Waals surface area contributed by atoms with Crippen molar-refractivity contribution in [1.82, 2.24) is 15.5 Å². The van der Waals surface area contributed by atoms with E-state index in [0.717, 1.165) is 16.1 Å². The molecule has 30 heavy (non-hydrogen) atoms. The minimum Gasteiger partial charge on any atom is -0.344 e. The average Bonchev–Trinajstić information content (AvgIpc) is 3.40. The standard InChI is InChI=1S/C22H24N4O3S/c1-13-6-8-16(9-7-13)26-19(27)11-10-17(20(26)18-5-4-12-30-18)21(28)23-14(2)22-24-15(3)25-29-22/h4-9,12,14,17,20H,10-11H2,1-3H3,(H,23,28)/t14-,17+,20-/m1/s1. The first kappa shape index (κ1) is 20.3. The summed E-state index contributed by atoms with van der Waals surface area (Å²) >= 11 is 1.56. The molecule has 1 N–H and O–H groups in total. The number of hydrogen-bond acceptors (Lipinski definition) is 6. The zero-order valence-corrected chi connectivity index (χ0v) is 18.0. The number of rotatable bonds is 5. The molecule has 1 aliphatic heterocycles. The number of nitrogens with one attached hydrogen (secondary N) is 1. The highest BCUT2D eigenvalue weighted by Crippen LogP contribution is 2.41. The third kappa shape index (κ3) is 4.00. The summed E-state index contributed by atoms with van der Waals surface area (Å²) in [6.45, 7) is 5.56. The van der Waals surface area contributed by atoms with E-state index >= 15 is 0 Å². The molecule has 1 aromatic carbocycles. The summed E-state index contributed by atoms with van der Waals surface area (Å²) in [5.74, 6) is 0.421. The summed E-state index contributed by atoms with van der Waals surface area (Å²) in [6.07, 6.45) is 0.813. The molecule has 7 nitrogen and oxygen atoms in total. The van der Waals surface area contributed by atoms with E-state index < -0.39 is 6.04 Å². The largest absolute Gasteiger partial charge is 0.344 e. The van der Waals surface area contributed by atoms with Crippen LogP contribution in [0, 0.1) is 19.8 Å². The number of piperidine rings is 1. The van der Waals surface area contributed by atoms with Crippen molar-refractivity contribution in [3.63, 3.8) is 0 Å². The normalized spacial score (nSPS) is 20.2. The lowest BCUT2D eigenvalue weighted by Crippen LogP contribution is -2.48. The fourth-order valence-electron chi connectivity index (χ4n) is 3.83. The zero-order valence-electron chi connectivity index (χ0n) is 17.2. The number of hydrogen-bond donors (Lipinski definition) is 1. The lowest BCUT2D eigenvalue weighted by molar-refractivity contribution is -0.129. The highest BCUT2D eigenvalue weighted by Gasteiger charge is 2.42. The van der Waals surface area contributed by atoms with Gasteiger partial charge < -0.3 is 14.7 Å². The molecule has 2 aromatic heterocycles. The van der Waals surface area contributed by atoms with Gasteiger partial charge in [0.1, 0.15) is 6.04 Å². The maximum atomic E-state index is 13.3. The number of aromatic nitrogens is 2. The van der Waals surface area contributed by atoms with Gasteiger partial charge in [-0.2, -0.15) is 4.98 Å². The minimum absolute atomic E-state index is 0.0295. The molecule has 0 spiro atoms. The Kier molecular flexibility index (Phi) is 5.67. The maximum absolute atomic E-state index is 13.3. The minimum atomic E-state index is -0.409. The summed E-state index contributed by atoms with van der Waals surface area (Å²) in [6, 6.07) is 11.0. The van der Waals surface area contributed by atoms with Crippen LogP contribution in [0.2, 0.25) is 0 Å². The van der Waals surface area contributed by atoms with Gasteiger partial charge in [0, 0.05) is 17.0 Å². The van der Waals surface area contributed by atoms with E-state index in [4.69, 9.17) is 4.52 Å². The lowest BCUT2D eigenvalue weighted by Gasteiger charge is -2.40. The molecule has 0 saturated carbocycles. The van der Waals surface area contributed by atoms with Gasteiger partial charge in [-0.15, -0.1) is 11.3 Å². The summed E-state index contributed by atoms with van der Waals surface area (Å²) in [5, 5.41) is 8.76. The number of thiophene rings is 1. The van der Waals surface area contributed by atoms with Crippen molar-refractivity contribution in [1.29, 1.82) is 0 Å². The maximum Gasteiger partial charge on any atom is 0.248 e. The zero-order chi connectivity index (χ0) is 21.3. The molecule has 0 aliphatic carbocycles. The summed E-state index contributed by atoms with van der Waals surface area (Å²) < 4.78 is 5.19. The van der Waals surface area contributed by atoms with Crippen LogP contribution < -0.4 is 10.2 Å². The number of amides is 2. The second-order valence-electron chi connectivity index (χ2n) is 7.61. The van der Waals surface area contributed by atoms with Crippen LogP contribution in [0.5, 0.6) is 0 Å². The van der Waals surface area contributed by atoms with Gasteiger partial charge in [-0.05, 0) is 50.8 Å². The number of anilines is 1. The Morgan fingerprint density at radius 3 is 2.67 bits per heavy atom. The number of carbonyl (C=O) groups is 2. The Balaban J connectivity index is 1.65. The van der Waals surface area contributed by atoms with Crippen molar-refractivity contribution in [2.24, 2.45) is 5.92 Å². The first-order chi connectivity index (χ1) is 14.4. The predicted octanol–water partition coefficient (Wildman–Crippen LogP) is 4.11. The molecule has 0 radical (unpaired) electrons. The van der Waals surface area contributed by atoms with Crippen molar-refractivity contribution < 1.29 is 14.1 Å². The molecule has 0 bridgehead atoms. The van der Waals surface area contributed by atoms with E-state index in [9.17, 15) is 9.59 Å². The van der Waals surface area contributed by atoms with E-state index in [2.05, 4.69) is 15.5 Å². The number of benzene rings is 1. The molecule has 1 saturated heterocycles. The Bertz CT molecular complexity index is 1030. The van der Waals surface area contributed by atoms with Gasteiger partial charge in [-0.25, -0.2) is 0 Å².